The monoisotopic (exact) mass is 415 g/mol. The molecule has 1 aromatic rings. The first-order chi connectivity index (χ1) is 12.5. The average Bonchev–Trinajstić information content (AvgIpc) is 3.06. The van der Waals surface area contributed by atoms with E-state index in [-0.39, 0.29) is 17.5 Å². The summed E-state index contributed by atoms with van der Waals surface area (Å²) in [5.74, 6) is -2.31. The number of hydrogen-bond donors (Lipinski definition) is 1. The second-order valence-electron chi connectivity index (χ2n) is 5.98. The summed E-state index contributed by atoms with van der Waals surface area (Å²) in [6, 6.07) is 2.26. The molecule has 12 heteroatoms. The standard InChI is InChI=1S/C13H23N3O3S.C2HF3O2/c1-3-20(17,18)9-7-15-10-12-4-6-14-16(12)13(11-15)5-8-19-2;3-2(4,5)1(6)7/h4,6,13H,3,5,7-11H2,1-2H3;(H,6,7). The van der Waals surface area contributed by atoms with E-state index in [2.05, 4.69) is 10.00 Å². The van der Waals surface area contributed by atoms with Crippen molar-refractivity contribution < 1.29 is 36.2 Å². The number of carboxylic acid groups (broad SMARTS) is 1. The number of alkyl halides is 3. The fraction of sp³-hybridized carbons (Fsp3) is 0.733. The van der Waals surface area contributed by atoms with Gasteiger partial charge in [-0.3, -0.25) is 9.58 Å². The second-order valence-corrected chi connectivity index (χ2v) is 8.45. The quantitative estimate of drug-likeness (QED) is 0.717. The van der Waals surface area contributed by atoms with Crippen molar-refractivity contribution in [3.63, 3.8) is 0 Å². The van der Waals surface area contributed by atoms with E-state index in [1.54, 1.807) is 20.2 Å². The zero-order valence-corrected chi connectivity index (χ0v) is 16.0. The highest BCUT2D eigenvalue weighted by Crippen LogP contribution is 2.22. The molecule has 0 bridgehead atoms. The van der Waals surface area contributed by atoms with Crippen LogP contribution < -0.4 is 0 Å². The van der Waals surface area contributed by atoms with Crippen LogP contribution in [0, 0.1) is 0 Å². The summed E-state index contributed by atoms with van der Waals surface area (Å²) < 4.78 is 62.2. The Morgan fingerprint density at radius 3 is 2.59 bits per heavy atom. The molecule has 0 amide bonds. The highest BCUT2D eigenvalue weighted by Gasteiger charge is 2.38. The van der Waals surface area contributed by atoms with Crippen LogP contribution in [0.15, 0.2) is 12.3 Å². The SMILES string of the molecule is CCS(=O)(=O)CCN1Cc2ccnn2C(CCOC)C1.O=C(O)C(F)(F)F. The number of halogens is 3. The molecule has 2 rings (SSSR count). The Morgan fingerprint density at radius 2 is 2.07 bits per heavy atom. The Morgan fingerprint density at radius 1 is 1.44 bits per heavy atom. The summed E-state index contributed by atoms with van der Waals surface area (Å²) >= 11 is 0. The van der Waals surface area contributed by atoms with E-state index in [1.807, 2.05) is 10.7 Å². The number of carbonyl (C=O) groups is 1. The molecule has 0 radical (unpaired) electrons. The summed E-state index contributed by atoms with van der Waals surface area (Å²) in [6.07, 6.45) is -2.39. The van der Waals surface area contributed by atoms with E-state index in [4.69, 9.17) is 14.6 Å². The van der Waals surface area contributed by atoms with Gasteiger partial charge in [-0.05, 0) is 12.5 Å². The molecule has 156 valence electrons. The van der Waals surface area contributed by atoms with Crippen LogP contribution in [0.4, 0.5) is 13.2 Å². The molecule has 27 heavy (non-hydrogen) atoms. The van der Waals surface area contributed by atoms with Crippen molar-refractivity contribution in [1.29, 1.82) is 0 Å². The van der Waals surface area contributed by atoms with Gasteiger partial charge in [0.2, 0.25) is 0 Å². The highest BCUT2D eigenvalue weighted by atomic mass is 32.2. The number of rotatable bonds is 7. The van der Waals surface area contributed by atoms with Gasteiger partial charge in [-0.15, -0.1) is 0 Å². The van der Waals surface area contributed by atoms with Crippen LogP contribution in [-0.2, 0) is 25.9 Å². The number of fused-ring (bicyclic) bond motifs is 1. The number of aliphatic carboxylic acids is 1. The van der Waals surface area contributed by atoms with Gasteiger partial charge < -0.3 is 9.84 Å². The lowest BCUT2D eigenvalue weighted by molar-refractivity contribution is -0.192. The van der Waals surface area contributed by atoms with Crippen molar-refractivity contribution >= 4 is 15.8 Å². The molecule has 2 heterocycles. The molecular formula is C15H24F3N3O5S. The van der Waals surface area contributed by atoms with Gasteiger partial charge in [0.25, 0.3) is 0 Å². The Bertz CT molecular complexity index is 706. The van der Waals surface area contributed by atoms with E-state index < -0.39 is 22.0 Å². The molecule has 8 nitrogen and oxygen atoms in total. The number of nitrogens with zero attached hydrogens (tertiary/aromatic N) is 3. The van der Waals surface area contributed by atoms with Gasteiger partial charge in [0, 0.05) is 45.3 Å². The number of carboxylic acids is 1. The third-order valence-corrected chi connectivity index (χ3v) is 5.69. The van der Waals surface area contributed by atoms with Crippen molar-refractivity contribution in [2.75, 3.05) is 38.3 Å². The minimum absolute atomic E-state index is 0.214. The predicted molar refractivity (Wildman–Crippen MR) is 91.1 cm³/mol. The van der Waals surface area contributed by atoms with Crippen LogP contribution in [-0.4, -0.2) is 78.7 Å². The predicted octanol–water partition coefficient (Wildman–Crippen LogP) is 1.34. The molecule has 1 unspecified atom stereocenters. The molecule has 0 aliphatic carbocycles. The van der Waals surface area contributed by atoms with E-state index in [9.17, 15) is 21.6 Å². The van der Waals surface area contributed by atoms with Crippen LogP contribution >= 0.6 is 0 Å². The van der Waals surface area contributed by atoms with E-state index in [1.165, 1.54) is 0 Å². The van der Waals surface area contributed by atoms with Crippen LogP contribution in [0.1, 0.15) is 25.1 Å². The van der Waals surface area contributed by atoms with Crippen LogP contribution in [0.25, 0.3) is 0 Å². The molecule has 0 saturated heterocycles. The maximum atomic E-state index is 11.6. The number of hydrogen-bond acceptors (Lipinski definition) is 6. The fourth-order valence-electron chi connectivity index (χ4n) is 2.52. The lowest BCUT2D eigenvalue weighted by Gasteiger charge is -2.33. The van der Waals surface area contributed by atoms with Gasteiger partial charge >= 0.3 is 12.1 Å². The van der Waals surface area contributed by atoms with E-state index in [0.717, 1.165) is 25.2 Å². The molecular weight excluding hydrogens is 391 g/mol. The molecule has 1 atom stereocenters. The Labute approximate surface area is 155 Å². The van der Waals surface area contributed by atoms with Crippen molar-refractivity contribution in [3.05, 3.63) is 18.0 Å². The molecule has 0 aromatic carbocycles. The first-order valence-electron chi connectivity index (χ1n) is 8.24. The number of sulfone groups is 1. The summed E-state index contributed by atoms with van der Waals surface area (Å²) in [5.41, 5.74) is 1.14. The summed E-state index contributed by atoms with van der Waals surface area (Å²) in [4.78, 5) is 11.1. The van der Waals surface area contributed by atoms with E-state index in [0.29, 0.717) is 13.2 Å². The van der Waals surface area contributed by atoms with Gasteiger partial charge in [0.15, 0.2) is 9.84 Å². The molecule has 0 spiro atoms. The molecule has 1 aliphatic heterocycles. The zero-order chi connectivity index (χ0) is 20.7. The molecule has 1 aliphatic rings. The lowest BCUT2D eigenvalue weighted by atomic mass is 10.1. The first-order valence-corrected chi connectivity index (χ1v) is 10.1. The summed E-state index contributed by atoms with van der Waals surface area (Å²) in [6.45, 7) is 4.57. The number of ether oxygens (including phenoxy) is 1. The third kappa shape index (κ3) is 7.85. The molecule has 0 saturated carbocycles. The third-order valence-electron chi connectivity index (χ3n) is 4.01. The number of methoxy groups -OCH3 is 1. The van der Waals surface area contributed by atoms with Crippen molar-refractivity contribution in [2.24, 2.45) is 0 Å². The normalized spacial score (nSPS) is 17.7. The van der Waals surface area contributed by atoms with Gasteiger partial charge in [-0.1, -0.05) is 6.92 Å². The first kappa shape index (κ1) is 23.4. The minimum Gasteiger partial charge on any atom is -0.475 e. The molecule has 0 fully saturated rings. The molecule has 1 aromatic heterocycles. The largest absolute Gasteiger partial charge is 0.490 e. The summed E-state index contributed by atoms with van der Waals surface area (Å²) in [5, 5.41) is 11.5. The topological polar surface area (TPSA) is 102 Å². The Hall–Kier alpha value is -1.66. The van der Waals surface area contributed by atoms with Crippen molar-refractivity contribution in [2.45, 2.75) is 32.1 Å². The van der Waals surface area contributed by atoms with Gasteiger partial charge in [-0.25, -0.2) is 13.2 Å². The van der Waals surface area contributed by atoms with Crippen LogP contribution in [0.3, 0.4) is 0 Å². The van der Waals surface area contributed by atoms with Crippen LogP contribution in [0.5, 0.6) is 0 Å². The minimum atomic E-state index is -5.08. The highest BCUT2D eigenvalue weighted by molar-refractivity contribution is 7.91. The Kier molecular flexibility index (Phi) is 8.69. The maximum Gasteiger partial charge on any atom is 0.490 e. The lowest BCUT2D eigenvalue weighted by Crippen LogP contribution is -2.40. The smallest absolute Gasteiger partial charge is 0.475 e. The fourth-order valence-corrected chi connectivity index (χ4v) is 3.34. The van der Waals surface area contributed by atoms with Gasteiger partial charge in [-0.2, -0.15) is 18.3 Å². The van der Waals surface area contributed by atoms with Crippen molar-refractivity contribution in [3.8, 4) is 0 Å². The second kappa shape index (κ2) is 10.0. The van der Waals surface area contributed by atoms with Gasteiger partial charge in [0.05, 0.1) is 17.5 Å². The average molecular weight is 415 g/mol. The van der Waals surface area contributed by atoms with Crippen molar-refractivity contribution in [1.82, 2.24) is 14.7 Å². The maximum absolute atomic E-state index is 11.6. The van der Waals surface area contributed by atoms with Crippen LogP contribution in [0.2, 0.25) is 0 Å². The van der Waals surface area contributed by atoms with E-state index >= 15 is 0 Å². The van der Waals surface area contributed by atoms with Gasteiger partial charge in [0.1, 0.15) is 0 Å². The number of aromatic nitrogens is 2. The molecule has 1 N–H and O–H groups in total. The zero-order valence-electron chi connectivity index (χ0n) is 15.1. The Balaban J connectivity index is 0.000000445. The summed E-state index contributed by atoms with van der Waals surface area (Å²) in [7, 11) is -1.21.